The van der Waals surface area contributed by atoms with Crippen LogP contribution >= 0.6 is 0 Å². The maximum Gasteiger partial charge on any atom is 0.268 e. The molecule has 0 aliphatic carbocycles. The molecule has 0 aliphatic heterocycles. The highest BCUT2D eigenvalue weighted by molar-refractivity contribution is 7.93. The van der Waals surface area contributed by atoms with Crippen LogP contribution < -0.4 is 14.4 Å². The molecule has 1 N–H and O–H groups in total. The number of nitrogens with one attached hydrogen (secondary N) is 1. The van der Waals surface area contributed by atoms with Gasteiger partial charge < -0.3 is 10.1 Å². The Labute approximate surface area is 189 Å². The summed E-state index contributed by atoms with van der Waals surface area (Å²) in [6.07, 6.45) is 0. The summed E-state index contributed by atoms with van der Waals surface area (Å²) in [5.74, 6) is -0.214. The van der Waals surface area contributed by atoms with Gasteiger partial charge in [0.1, 0.15) is 17.2 Å². The molecule has 0 atom stereocenters. The number of carbonyl (C=O) groups is 1. The number of hydrogen-bond acceptors (Lipinski definition) is 4. The van der Waals surface area contributed by atoms with Crippen molar-refractivity contribution < 1.29 is 17.9 Å². The van der Waals surface area contributed by atoms with Crippen LogP contribution in [0.5, 0.6) is 5.75 Å². The molecule has 0 heterocycles. The van der Waals surface area contributed by atoms with E-state index in [1.54, 1.807) is 36.4 Å². The molecule has 0 aliphatic rings. The summed E-state index contributed by atoms with van der Waals surface area (Å²) in [6.45, 7) is 7.13. The van der Waals surface area contributed by atoms with Gasteiger partial charge in [0.15, 0.2) is 0 Å². The lowest BCUT2D eigenvalue weighted by molar-refractivity contribution is -0.114. The smallest absolute Gasteiger partial charge is 0.268 e. The van der Waals surface area contributed by atoms with Crippen molar-refractivity contribution in [2.24, 2.45) is 0 Å². The molecular formula is C25H28N2O4S. The molecule has 3 aromatic rings. The summed E-state index contributed by atoms with van der Waals surface area (Å²) >= 11 is 0. The fourth-order valence-corrected chi connectivity index (χ4v) is 5.22. The number of methoxy groups -OCH3 is 1. The molecule has 0 fully saturated rings. The number of carbonyl (C=O) groups excluding carboxylic acids is 1. The third-order valence-corrected chi connectivity index (χ3v) is 6.77. The molecule has 0 aromatic heterocycles. The predicted octanol–water partition coefficient (Wildman–Crippen LogP) is 4.76. The number of nitrogens with zero attached hydrogens (tertiary/aromatic N) is 1. The van der Waals surface area contributed by atoms with Crippen LogP contribution in [0.4, 0.5) is 11.4 Å². The Bertz CT molecular complexity index is 1230. The zero-order valence-corrected chi connectivity index (χ0v) is 19.8. The Balaban J connectivity index is 2.06. The van der Waals surface area contributed by atoms with E-state index >= 15 is 0 Å². The van der Waals surface area contributed by atoms with Crippen LogP contribution in [-0.4, -0.2) is 28.0 Å². The van der Waals surface area contributed by atoms with Crippen molar-refractivity contribution in [1.29, 1.82) is 0 Å². The van der Waals surface area contributed by atoms with Gasteiger partial charge in [-0.3, -0.25) is 9.10 Å². The third kappa shape index (κ3) is 5.29. The fourth-order valence-electron chi connectivity index (χ4n) is 3.57. The van der Waals surface area contributed by atoms with Crippen molar-refractivity contribution in [2.75, 3.05) is 23.3 Å². The van der Waals surface area contributed by atoms with Crippen LogP contribution in [0.3, 0.4) is 0 Å². The van der Waals surface area contributed by atoms with Gasteiger partial charge in [0.05, 0.1) is 12.8 Å². The van der Waals surface area contributed by atoms with Crippen LogP contribution in [0, 0.1) is 27.7 Å². The summed E-state index contributed by atoms with van der Waals surface area (Å²) < 4.78 is 34.1. The van der Waals surface area contributed by atoms with Crippen LogP contribution in [0.1, 0.15) is 22.3 Å². The monoisotopic (exact) mass is 452 g/mol. The highest BCUT2D eigenvalue weighted by Gasteiger charge is 2.30. The van der Waals surface area contributed by atoms with Gasteiger partial charge in [-0.05, 0) is 86.3 Å². The molecule has 0 spiro atoms. The summed E-state index contributed by atoms with van der Waals surface area (Å²) in [5.41, 5.74) is 4.59. The Kier molecular flexibility index (Phi) is 6.89. The number of sulfonamides is 1. The molecule has 0 unspecified atom stereocenters. The highest BCUT2D eigenvalue weighted by atomic mass is 32.2. The molecule has 3 rings (SSSR count). The first kappa shape index (κ1) is 23.3. The minimum Gasteiger partial charge on any atom is -0.495 e. The van der Waals surface area contributed by atoms with Gasteiger partial charge in [-0.15, -0.1) is 0 Å². The summed E-state index contributed by atoms with van der Waals surface area (Å²) in [7, 11) is -2.68. The van der Waals surface area contributed by atoms with E-state index in [1.165, 1.54) is 7.11 Å². The number of hydrogen-bond donors (Lipinski definition) is 1. The van der Waals surface area contributed by atoms with Gasteiger partial charge >= 0.3 is 0 Å². The maximum atomic E-state index is 13.8. The first-order chi connectivity index (χ1) is 15.1. The first-order valence-electron chi connectivity index (χ1n) is 10.2. The van der Waals surface area contributed by atoms with Gasteiger partial charge in [0.2, 0.25) is 5.91 Å². The minimum atomic E-state index is -4.10. The van der Waals surface area contributed by atoms with E-state index in [-0.39, 0.29) is 17.2 Å². The zero-order valence-electron chi connectivity index (χ0n) is 19.0. The fraction of sp³-hybridized carbons (Fsp3) is 0.240. The van der Waals surface area contributed by atoms with Crippen molar-refractivity contribution in [3.05, 3.63) is 82.9 Å². The average Bonchev–Trinajstić information content (AvgIpc) is 2.71. The second-order valence-electron chi connectivity index (χ2n) is 7.93. The Morgan fingerprint density at radius 1 is 0.875 bits per heavy atom. The largest absolute Gasteiger partial charge is 0.495 e. The van der Waals surface area contributed by atoms with Crippen molar-refractivity contribution in [3.8, 4) is 5.75 Å². The predicted molar refractivity (Wildman–Crippen MR) is 128 cm³/mol. The highest BCUT2D eigenvalue weighted by Crippen LogP contribution is 2.31. The van der Waals surface area contributed by atoms with Crippen molar-refractivity contribution in [2.45, 2.75) is 32.6 Å². The zero-order chi connectivity index (χ0) is 23.5. The second-order valence-corrected chi connectivity index (χ2v) is 9.76. The van der Waals surface area contributed by atoms with E-state index in [2.05, 4.69) is 5.32 Å². The minimum absolute atomic E-state index is 0.0162. The molecule has 32 heavy (non-hydrogen) atoms. The van der Waals surface area contributed by atoms with Gasteiger partial charge in [-0.25, -0.2) is 8.42 Å². The van der Waals surface area contributed by atoms with Crippen LogP contribution in [0.2, 0.25) is 0 Å². The van der Waals surface area contributed by atoms with Crippen molar-refractivity contribution >= 4 is 27.3 Å². The van der Waals surface area contributed by atoms with E-state index in [1.807, 2.05) is 52.0 Å². The average molecular weight is 453 g/mol. The maximum absolute atomic E-state index is 13.8. The summed E-state index contributed by atoms with van der Waals surface area (Å²) in [4.78, 5) is 12.9. The normalized spacial score (nSPS) is 11.2. The number of benzene rings is 3. The van der Waals surface area contributed by atoms with E-state index in [0.29, 0.717) is 11.4 Å². The quantitative estimate of drug-likeness (QED) is 0.561. The Morgan fingerprint density at radius 3 is 2.16 bits per heavy atom. The second kappa shape index (κ2) is 9.44. The lowest BCUT2D eigenvalue weighted by Crippen LogP contribution is -2.38. The number of aryl methyl sites for hydroxylation is 4. The van der Waals surface area contributed by atoms with Crippen molar-refractivity contribution in [3.63, 3.8) is 0 Å². The molecular weight excluding hydrogens is 424 g/mol. The van der Waals surface area contributed by atoms with E-state index in [4.69, 9.17) is 4.74 Å². The van der Waals surface area contributed by atoms with Gasteiger partial charge in [0, 0.05) is 5.69 Å². The van der Waals surface area contributed by atoms with Crippen LogP contribution in [0.15, 0.2) is 65.6 Å². The topological polar surface area (TPSA) is 75.7 Å². The lowest BCUT2D eigenvalue weighted by atomic mass is 10.1. The summed E-state index contributed by atoms with van der Waals surface area (Å²) in [6, 6.07) is 17.8. The third-order valence-electron chi connectivity index (χ3n) is 4.97. The molecule has 1 amide bonds. The van der Waals surface area contributed by atoms with Gasteiger partial charge in [0.25, 0.3) is 10.0 Å². The van der Waals surface area contributed by atoms with E-state index < -0.39 is 15.9 Å². The van der Waals surface area contributed by atoms with Gasteiger partial charge in [-0.2, -0.15) is 0 Å². The molecule has 168 valence electrons. The molecule has 0 radical (unpaired) electrons. The van der Waals surface area contributed by atoms with E-state index in [0.717, 1.165) is 26.6 Å². The Hall–Kier alpha value is -3.32. The molecule has 0 saturated carbocycles. The molecule has 6 nitrogen and oxygen atoms in total. The number of anilines is 2. The van der Waals surface area contributed by atoms with E-state index in [9.17, 15) is 13.2 Å². The van der Waals surface area contributed by atoms with Crippen molar-refractivity contribution in [1.82, 2.24) is 0 Å². The summed E-state index contributed by atoms with van der Waals surface area (Å²) in [5, 5.41) is 2.80. The standard InChI is InChI=1S/C25H28N2O4S/c1-17-7-6-8-21(12-17)26-25(28)16-27(22-13-19(3)11-20(4)14-22)32(29,30)24-15-18(2)9-10-23(24)31-5/h6-15H,16H2,1-5H3,(H,26,28). The lowest BCUT2D eigenvalue weighted by Gasteiger charge is -2.26. The van der Waals surface area contributed by atoms with Crippen LogP contribution in [0.25, 0.3) is 0 Å². The van der Waals surface area contributed by atoms with Gasteiger partial charge in [-0.1, -0.05) is 24.3 Å². The molecule has 0 bridgehead atoms. The molecule has 3 aromatic carbocycles. The first-order valence-corrected chi connectivity index (χ1v) is 11.7. The number of rotatable bonds is 7. The number of amides is 1. The van der Waals surface area contributed by atoms with Crippen LogP contribution in [-0.2, 0) is 14.8 Å². The number of ether oxygens (including phenoxy) is 1. The molecule has 0 saturated heterocycles. The Morgan fingerprint density at radius 2 is 1.53 bits per heavy atom. The SMILES string of the molecule is COc1ccc(C)cc1S(=O)(=O)N(CC(=O)Nc1cccc(C)c1)c1cc(C)cc(C)c1. The molecule has 7 heteroatoms.